The summed E-state index contributed by atoms with van der Waals surface area (Å²) in [7, 11) is 1.95. The Labute approximate surface area is 161 Å². The molecule has 1 aromatic heterocycles. The molecule has 6 heteroatoms. The van der Waals surface area contributed by atoms with Crippen LogP contribution in [0.3, 0.4) is 0 Å². The molecule has 0 aliphatic carbocycles. The van der Waals surface area contributed by atoms with Gasteiger partial charge in [0.05, 0.1) is 17.7 Å². The third-order valence-corrected chi connectivity index (χ3v) is 5.56. The predicted octanol–water partition coefficient (Wildman–Crippen LogP) is 3.80. The number of halogens is 1. The van der Waals surface area contributed by atoms with Gasteiger partial charge in [0, 0.05) is 36.3 Å². The zero-order valence-electron chi connectivity index (χ0n) is 15.6. The van der Waals surface area contributed by atoms with Crippen LogP contribution in [0.2, 0.25) is 0 Å². The van der Waals surface area contributed by atoms with Crippen molar-refractivity contribution in [2.75, 3.05) is 11.9 Å². The minimum absolute atomic E-state index is 0.0345. The summed E-state index contributed by atoms with van der Waals surface area (Å²) in [5.41, 5.74) is 4.74. The summed E-state index contributed by atoms with van der Waals surface area (Å²) in [4.78, 5) is 21.6. The summed E-state index contributed by atoms with van der Waals surface area (Å²) >= 11 is 0. The van der Waals surface area contributed by atoms with Gasteiger partial charge in [-0.2, -0.15) is 0 Å². The molecule has 2 aliphatic rings. The van der Waals surface area contributed by atoms with E-state index in [1.54, 1.807) is 6.20 Å². The molecular weight excluding hydrogens is 355 g/mol. The van der Waals surface area contributed by atoms with Gasteiger partial charge in [0.25, 0.3) is 0 Å². The highest BCUT2D eigenvalue weighted by Gasteiger charge is 2.41. The summed E-state index contributed by atoms with van der Waals surface area (Å²) in [6.45, 7) is 2.08. The number of hydrogen-bond acceptors (Lipinski definition) is 4. The third kappa shape index (κ3) is 2.48. The van der Waals surface area contributed by atoms with E-state index in [9.17, 15) is 9.18 Å². The first-order valence-electron chi connectivity index (χ1n) is 9.24. The largest absolute Gasteiger partial charge is 0.376 e. The summed E-state index contributed by atoms with van der Waals surface area (Å²) in [5, 5.41) is 3.47. The topological polar surface area (TPSA) is 59.3 Å². The van der Waals surface area contributed by atoms with Crippen LogP contribution in [0.1, 0.15) is 44.8 Å². The van der Waals surface area contributed by atoms with Gasteiger partial charge in [0.2, 0.25) is 0 Å². The highest BCUT2D eigenvalue weighted by atomic mass is 19.1. The number of Topliss-reactive ketones (excluding diaryl/α,β-unsaturated/α-hetero) is 1. The molecule has 3 heterocycles. The van der Waals surface area contributed by atoms with E-state index in [0.717, 1.165) is 17.1 Å². The third-order valence-electron chi connectivity index (χ3n) is 5.56. The molecule has 2 aliphatic heterocycles. The Morgan fingerprint density at radius 1 is 1.21 bits per heavy atom. The first-order valence-corrected chi connectivity index (χ1v) is 9.24. The Balaban J connectivity index is 1.76. The van der Waals surface area contributed by atoms with Gasteiger partial charge < -0.3 is 9.88 Å². The van der Waals surface area contributed by atoms with Crippen molar-refractivity contribution in [3.05, 3.63) is 82.7 Å². The van der Waals surface area contributed by atoms with Gasteiger partial charge in [0.15, 0.2) is 5.78 Å². The molecule has 2 unspecified atom stereocenters. The Bertz CT molecular complexity index is 1130. The molecular formula is C22H19FN4O. The lowest BCUT2D eigenvalue weighted by atomic mass is 9.78. The summed E-state index contributed by atoms with van der Waals surface area (Å²) < 4.78 is 16.2. The Morgan fingerprint density at radius 2 is 2.00 bits per heavy atom. The SMILES string of the molecule is Cc1ccc(C2Nc3cc(F)cc4c3C(=NCC4=O)C2c2nccn2C)cc1. The van der Waals surface area contributed by atoms with Crippen LogP contribution in [0.15, 0.2) is 53.8 Å². The fourth-order valence-corrected chi connectivity index (χ4v) is 4.20. The van der Waals surface area contributed by atoms with Gasteiger partial charge in [-0.15, -0.1) is 0 Å². The molecule has 5 rings (SSSR count). The second-order valence-electron chi connectivity index (χ2n) is 7.41. The predicted molar refractivity (Wildman–Crippen MR) is 106 cm³/mol. The van der Waals surface area contributed by atoms with E-state index in [0.29, 0.717) is 16.8 Å². The average molecular weight is 374 g/mol. The zero-order valence-corrected chi connectivity index (χ0v) is 15.6. The van der Waals surface area contributed by atoms with E-state index in [1.807, 2.05) is 24.7 Å². The van der Waals surface area contributed by atoms with Crippen LogP contribution < -0.4 is 5.32 Å². The van der Waals surface area contributed by atoms with Gasteiger partial charge >= 0.3 is 0 Å². The number of rotatable bonds is 2. The Morgan fingerprint density at radius 3 is 2.71 bits per heavy atom. The van der Waals surface area contributed by atoms with Crippen LogP contribution in [-0.2, 0) is 7.05 Å². The maximum atomic E-state index is 14.2. The number of aryl methyl sites for hydroxylation is 2. The number of carbonyl (C=O) groups is 1. The second-order valence-corrected chi connectivity index (χ2v) is 7.41. The molecule has 0 amide bonds. The number of imidazole rings is 1. The van der Waals surface area contributed by atoms with E-state index >= 15 is 0 Å². The lowest BCUT2D eigenvalue weighted by Crippen LogP contribution is -2.37. The van der Waals surface area contributed by atoms with Crippen molar-refractivity contribution >= 4 is 17.2 Å². The summed E-state index contributed by atoms with van der Waals surface area (Å²) in [6, 6.07) is 10.9. The maximum Gasteiger partial charge on any atom is 0.185 e. The van der Waals surface area contributed by atoms with E-state index in [1.165, 1.54) is 17.7 Å². The van der Waals surface area contributed by atoms with Crippen LogP contribution in [0.25, 0.3) is 0 Å². The quantitative estimate of drug-likeness (QED) is 0.742. The van der Waals surface area contributed by atoms with Crippen molar-refractivity contribution in [1.29, 1.82) is 0 Å². The molecule has 0 saturated carbocycles. The van der Waals surface area contributed by atoms with E-state index in [4.69, 9.17) is 0 Å². The average Bonchev–Trinajstić information content (AvgIpc) is 3.10. The van der Waals surface area contributed by atoms with Gasteiger partial charge in [-0.05, 0) is 24.6 Å². The van der Waals surface area contributed by atoms with Crippen molar-refractivity contribution in [2.45, 2.75) is 18.9 Å². The van der Waals surface area contributed by atoms with Crippen molar-refractivity contribution < 1.29 is 9.18 Å². The zero-order chi connectivity index (χ0) is 19.4. The first kappa shape index (κ1) is 16.9. The fraction of sp³-hybridized carbons (Fsp3) is 0.227. The molecule has 0 saturated heterocycles. The van der Waals surface area contributed by atoms with Gasteiger partial charge in [-0.1, -0.05) is 29.8 Å². The van der Waals surface area contributed by atoms with E-state index < -0.39 is 5.82 Å². The number of hydrogen-bond donors (Lipinski definition) is 1. The normalized spacial score (nSPS) is 20.4. The monoisotopic (exact) mass is 374 g/mol. The minimum Gasteiger partial charge on any atom is -0.376 e. The van der Waals surface area contributed by atoms with Crippen LogP contribution in [0, 0.1) is 12.7 Å². The number of aromatic nitrogens is 2. The summed E-state index contributed by atoms with van der Waals surface area (Å²) in [6.07, 6.45) is 3.66. The van der Waals surface area contributed by atoms with Gasteiger partial charge in [0.1, 0.15) is 18.2 Å². The van der Waals surface area contributed by atoms with Crippen molar-refractivity contribution in [3.63, 3.8) is 0 Å². The first-order chi connectivity index (χ1) is 13.5. The molecule has 0 spiro atoms. The minimum atomic E-state index is -0.422. The van der Waals surface area contributed by atoms with Crippen LogP contribution in [0.5, 0.6) is 0 Å². The van der Waals surface area contributed by atoms with Crippen molar-refractivity contribution in [1.82, 2.24) is 9.55 Å². The van der Waals surface area contributed by atoms with Gasteiger partial charge in [-0.3, -0.25) is 9.79 Å². The lowest BCUT2D eigenvalue weighted by Gasteiger charge is -2.38. The van der Waals surface area contributed by atoms with Crippen molar-refractivity contribution in [2.24, 2.45) is 12.0 Å². The molecule has 3 aromatic rings. The number of carbonyl (C=O) groups excluding carboxylic acids is 1. The lowest BCUT2D eigenvalue weighted by molar-refractivity contribution is 0.0999. The molecule has 28 heavy (non-hydrogen) atoms. The molecule has 5 nitrogen and oxygen atoms in total. The highest BCUT2D eigenvalue weighted by Crippen LogP contribution is 2.44. The van der Waals surface area contributed by atoms with Crippen LogP contribution in [-0.4, -0.2) is 27.6 Å². The van der Waals surface area contributed by atoms with Gasteiger partial charge in [-0.25, -0.2) is 9.37 Å². The molecule has 2 atom stereocenters. The fourth-order valence-electron chi connectivity index (χ4n) is 4.20. The number of nitrogens with zero attached hydrogens (tertiary/aromatic N) is 3. The Kier molecular flexibility index (Phi) is 3.69. The number of aliphatic imine (C=N–C) groups is 1. The smallest absolute Gasteiger partial charge is 0.185 e. The molecule has 2 aromatic carbocycles. The summed E-state index contributed by atoms with van der Waals surface area (Å²) in [5.74, 6) is 0.0854. The number of benzene rings is 2. The van der Waals surface area contributed by atoms with Crippen LogP contribution in [0.4, 0.5) is 10.1 Å². The van der Waals surface area contributed by atoms with E-state index in [-0.39, 0.29) is 24.3 Å². The van der Waals surface area contributed by atoms with Crippen molar-refractivity contribution in [3.8, 4) is 0 Å². The highest BCUT2D eigenvalue weighted by molar-refractivity contribution is 6.21. The van der Waals surface area contributed by atoms with E-state index in [2.05, 4.69) is 39.6 Å². The van der Waals surface area contributed by atoms with Crippen LogP contribution >= 0.6 is 0 Å². The molecule has 0 radical (unpaired) electrons. The molecule has 1 N–H and O–H groups in total. The molecule has 0 bridgehead atoms. The number of anilines is 1. The number of nitrogens with one attached hydrogen (secondary N) is 1. The number of ketones is 1. The molecule has 140 valence electrons. The standard InChI is InChI=1S/C22H19FN4O/c1-12-3-5-13(6-4-12)20-19(22-24-7-8-27(22)2)21-18-15(17(28)11-25-21)9-14(23)10-16(18)26-20/h3-10,19-20,26H,11H2,1-2H3. The molecule has 0 fully saturated rings. The Hall–Kier alpha value is -3.28. The maximum absolute atomic E-state index is 14.2. The second kappa shape index (κ2) is 6.12.